The SMILES string of the molecule is CNC(=O)c1c(-c2ccc(F)cc2)oc2cc(N(CCO)S(C)(=O)=O)c(-c3cccc(C(=O)NC(C)(C)C(=O)Cc4cc(C)no4)c3)cc12. The van der Waals surface area contributed by atoms with E-state index in [1.165, 1.54) is 43.4 Å². The predicted octanol–water partition coefficient (Wildman–Crippen LogP) is 4.64. The molecule has 0 spiro atoms. The number of benzene rings is 3. The minimum Gasteiger partial charge on any atom is -0.455 e. The van der Waals surface area contributed by atoms with Gasteiger partial charge in [0.25, 0.3) is 11.8 Å². The molecule has 2 amide bonds. The minimum absolute atomic E-state index is 0.0814. The van der Waals surface area contributed by atoms with Crippen LogP contribution in [0.5, 0.6) is 0 Å². The number of carbonyl (C=O) groups is 3. The van der Waals surface area contributed by atoms with Gasteiger partial charge in [0.05, 0.1) is 48.3 Å². The van der Waals surface area contributed by atoms with E-state index in [0.717, 1.165) is 10.6 Å². The molecule has 0 radical (unpaired) electrons. The first kappa shape index (κ1) is 35.0. The van der Waals surface area contributed by atoms with Crippen LogP contribution < -0.4 is 14.9 Å². The molecule has 256 valence electrons. The smallest absolute Gasteiger partial charge is 0.255 e. The number of hydrogen-bond donors (Lipinski definition) is 3. The molecule has 3 aromatic carbocycles. The molecule has 14 heteroatoms. The van der Waals surface area contributed by atoms with Crippen molar-refractivity contribution in [2.45, 2.75) is 32.7 Å². The maximum Gasteiger partial charge on any atom is 0.255 e. The zero-order valence-corrected chi connectivity index (χ0v) is 28.3. The largest absolute Gasteiger partial charge is 0.455 e. The molecule has 5 rings (SSSR count). The van der Waals surface area contributed by atoms with Gasteiger partial charge in [-0.3, -0.25) is 18.7 Å². The number of hydrogen-bond acceptors (Lipinski definition) is 9. The normalized spacial score (nSPS) is 11.8. The monoisotopic (exact) mass is 690 g/mol. The summed E-state index contributed by atoms with van der Waals surface area (Å²) >= 11 is 0. The number of furan rings is 1. The second-order valence-electron chi connectivity index (χ2n) is 12.0. The molecule has 0 saturated heterocycles. The van der Waals surface area contributed by atoms with E-state index in [4.69, 9.17) is 8.94 Å². The van der Waals surface area contributed by atoms with Gasteiger partial charge in [-0.25, -0.2) is 12.8 Å². The molecule has 3 N–H and O–H groups in total. The fourth-order valence-electron chi connectivity index (χ4n) is 5.41. The number of sulfonamides is 1. The second-order valence-corrected chi connectivity index (χ2v) is 13.9. The van der Waals surface area contributed by atoms with Gasteiger partial charge in [-0.05, 0) is 68.8 Å². The lowest BCUT2D eigenvalue weighted by atomic mass is 9.94. The molecule has 0 aliphatic heterocycles. The van der Waals surface area contributed by atoms with Crippen molar-refractivity contribution in [3.63, 3.8) is 0 Å². The number of amides is 2. The lowest BCUT2D eigenvalue weighted by molar-refractivity contribution is -0.123. The van der Waals surface area contributed by atoms with Crippen molar-refractivity contribution in [1.82, 2.24) is 15.8 Å². The number of aryl methyl sites for hydroxylation is 1. The summed E-state index contributed by atoms with van der Waals surface area (Å²) in [6.07, 6.45) is 0.906. The first-order valence-electron chi connectivity index (χ1n) is 15.2. The van der Waals surface area contributed by atoms with Crippen LogP contribution in [0.2, 0.25) is 0 Å². The third kappa shape index (κ3) is 7.39. The summed E-state index contributed by atoms with van der Waals surface area (Å²) in [5.41, 5.74) is 0.989. The van der Waals surface area contributed by atoms with Crippen molar-refractivity contribution >= 4 is 44.3 Å². The highest BCUT2D eigenvalue weighted by Crippen LogP contribution is 2.41. The van der Waals surface area contributed by atoms with Crippen molar-refractivity contribution in [3.05, 3.63) is 95.1 Å². The number of aromatic nitrogens is 1. The third-order valence-corrected chi connectivity index (χ3v) is 9.09. The summed E-state index contributed by atoms with van der Waals surface area (Å²) < 4.78 is 52.1. The molecule has 0 atom stereocenters. The Balaban J connectivity index is 1.64. The summed E-state index contributed by atoms with van der Waals surface area (Å²) in [5.74, 6) is -1.38. The Morgan fingerprint density at radius 1 is 1.00 bits per heavy atom. The summed E-state index contributed by atoms with van der Waals surface area (Å²) in [6, 6.07) is 16.3. The molecule has 5 aromatic rings. The van der Waals surface area contributed by atoms with Gasteiger partial charge in [0.1, 0.15) is 22.9 Å². The summed E-state index contributed by atoms with van der Waals surface area (Å²) in [4.78, 5) is 39.9. The van der Waals surface area contributed by atoms with Gasteiger partial charge in [-0.2, -0.15) is 0 Å². The Morgan fingerprint density at radius 2 is 1.71 bits per heavy atom. The molecule has 0 bridgehead atoms. The summed E-state index contributed by atoms with van der Waals surface area (Å²) in [6.45, 7) is 4.07. The number of carbonyl (C=O) groups excluding carboxylic acids is 3. The summed E-state index contributed by atoms with van der Waals surface area (Å²) in [7, 11) is -2.52. The van der Waals surface area contributed by atoms with Crippen molar-refractivity contribution in [1.29, 1.82) is 0 Å². The number of halogens is 1. The highest BCUT2D eigenvalue weighted by molar-refractivity contribution is 7.92. The van der Waals surface area contributed by atoms with Gasteiger partial charge in [-0.15, -0.1) is 0 Å². The van der Waals surface area contributed by atoms with Gasteiger partial charge in [0.15, 0.2) is 5.78 Å². The molecule has 12 nitrogen and oxygen atoms in total. The summed E-state index contributed by atoms with van der Waals surface area (Å²) in [5, 5.41) is 19.3. The molecule has 0 aliphatic carbocycles. The van der Waals surface area contributed by atoms with E-state index in [2.05, 4.69) is 15.8 Å². The van der Waals surface area contributed by atoms with E-state index in [0.29, 0.717) is 33.5 Å². The van der Waals surface area contributed by atoms with Crippen molar-refractivity contribution in [3.8, 4) is 22.5 Å². The van der Waals surface area contributed by atoms with Gasteiger partial charge >= 0.3 is 0 Å². The molecular formula is C35H35FN4O8S. The van der Waals surface area contributed by atoms with Gasteiger partial charge in [-0.1, -0.05) is 17.3 Å². The average molecular weight is 691 g/mol. The number of rotatable bonds is 12. The van der Waals surface area contributed by atoms with E-state index in [9.17, 15) is 32.3 Å². The number of aliphatic hydroxyl groups excluding tert-OH is 1. The Morgan fingerprint density at radius 3 is 2.33 bits per heavy atom. The highest BCUT2D eigenvalue weighted by Gasteiger charge is 2.31. The average Bonchev–Trinajstić information content (AvgIpc) is 3.64. The van der Waals surface area contributed by atoms with E-state index >= 15 is 0 Å². The second kappa shape index (κ2) is 13.6. The van der Waals surface area contributed by atoms with Crippen LogP contribution in [0.1, 0.15) is 46.0 Å². The van der Waals surface area contributed by atoms with Crippen LogP contribution in [0.15, 0.2) is 75.7 Å². The van der Waals surface area contributed by atoms with Crippen LogP contribution >= 0.6 is 0 Å². The molecule has 0 unspecified atom stereocenters. The first-order chi connectivity index (χ1) is 23.1. The number of Topliss-reactive ketones (excluding diaryl/α,β-unsaturated/α-hetero) is 1. The fourth-order valence-corrected chi connectivity index (χ4v) is 6.33. The molecule has 2 heterocycles. The molecule has 0 aliphatic rings. The highest BCUT2D eigenvalue weighted by atomic mass is 32.2. The van der Waals surface area contributed by atoms with Crippen LogP contribution in [0.25, 0.3) is 33.4 Å². The predicted molar refractivity (Wildman–Crippen MR) is 181 cm³/mol. The molecule has 2 aromatic heterocycles. The quantitative estimate of drug-likeness (QED) is 0.169. The van der Waals surface area contributed by atoms with Gasteiger partial charge in [0, 0.05) is 41.3 Å². The minimum atomic E-state index is -3.96. The standard InChI is InChI=1S/C35H35FN4O8S/c1-20-15-25(48-39-20)17-30(42)35(2,3)38-33(43)23-8-6-7-22(16-23)26-18-27-29(19-28(26)40(13-14-41)49(5,45)46)47-32(31(27)34(44)37-4)21-9-11-24(36)12-10-21/h6-12,15-16,18-19,41H,13-14,17H2,1-5H3,(H,37,44)(H,38,43). The van der Waals surface area contributed by atoms with Crippen LogP contribution in [0.3, 0.4) is 0 Å². The molecule has 0 fully saturated rings. The third-order valence-electron chi connectivity index (χ3n) is 7.91. The van der Waals surface area contributed by atoms with Gasteiger partial charge in [0.2, 0.25) is 10.0 Å². The molecule has 0 saturated carbocycles. The number of nitrogens with one attached hydrogen (secondary N) is 2. The van der Waals surface area contributed by atoms with Gasteiger partial charge < -0.3 is 24.7 Å². The maximum atomic E-state index is 13.8. The van der Waals surface area contributed by atoms with Crippen molar-refractivity contribution < 1.29 is 41.2 Å². The number of anilines is 1. The zero-order valence-electron chi connectivity index (χ0n) is 27.5. The Bertz CT molecular complexity index is 2170. The van der Waals surface area contributed by atoms with Crippen molar-refractivity contribution in [2.75, 3.05) is 30.8 Å². The molecule has 49 heavy (non-hydrogen) atoms. The number of nitrogens with zero attached hydrogens (tertiary/aromatic N) is 2. The van der Waals surface area contributed by atoms with E-state index in [1.807, 2.05) is 0 Å². The van der Waals surface area contributed by atoms with E-state index in [-0.39, 0.29) is 46.9 Å². The van der Waals surface area contributed by atoms with E-state index in [1.54, 1.807) is 51.1 Å². The lowest BCUT2D eigenvalue weighted by Gasteiger charge is -2.25. The van der Waals surface area contributed by atoms with Crippen molar-refractivity contribution in [2.24, 2.45) is 0 Å². The number of ketones is 1. The Kier molecular flexibility index (Phi) is 9.74. The van der Waals surface area contributed by atoms with Crippen LogP contribution in [-0.2, 0) is 21.2 Å². The van der Waals surface area contributed by atoms with Crippen LogP contribution in [0, 0.1) is 12.7 Å². The molecular weight excluding hydrogens is 655 g/mol. The number of fused-ring (bicyclic) bond motifs is 1. The van der Waals surface area contributed by atoms with E-state index < -0.39 is 39.8 Å². The topological polar surface area (TPSA) is 172 Å². The number of aliphatic hydroxyl groups is 1. The lowest BCUT2D eigenvalue weighted by Crippen LogP contribution is -2.50. The Hall–Kier alpha value is -5.34. The zero-order chi connectivity index (χ0) is 35.7. The fraction of sp³-hybridized carbons (Fsp3) is 0.257. The maximum absolute atomic E-state index is 13.8. The Labute approximate surface area is 281 Å². The van der Waals surface area contributed by atoms with Crippen LogP contribution in [0.4, 0.5) is 10.1 Å². The van der Waals surface area contributed by atoms with Crippen LogP contribution in [-0.4, -0.2) is 68.3 Å². The first-order valence-corrected chi connectivity index (χ1v) is 17.0.